The van der Waals surface area contributed by atoms with Gasteiger partial charge < -0.3 is 15.2 Å². The van der Waals surface area contributed by atoms with Gasteiger partial charge in [0.05, 0.1) is 29.0 Å². The number of anilines is 1. The van der Waals surface area contributed by atoms with Crippen LogP contribution in [0.2, 0.25) is 5.02 Å². The molecule has 18 heavy (non-hydrogen) atoms. The van der Waals surface area contributed by atoms with Gasteiger partial charge >= 0.3 is 5.97 Å². The molecule has 1 aromatic rings. The maximum absolute atomic E-state index is 11.7. The molecule has 2 rings (SSSR count). The highest BCUT2D eigenvalue weighted by molar-refractivity contribution is 6.33. The molecule has 98 valence electrons. The maximum Gasteiger partial charge on any atom is 0.338 e. The van der Waals surface area contributed by atoms with Crippen LogP contribution in [0.1, 0.15) is 29.6 Å². The topological polar surface area (TPSA) is 61.6 Å². The summed E-state index contributed by atoms with van der Waals surface area (Å²) in [6.45, 7) is 1.18. The van der Waals surface area contributed by atoms with Crippen molar-refractivity contribution in [3.05, 3.63) is 28.8 Å². The first-order chi connectivity index (χ1) is 8.66. The number of nitrogens with two attached hydrogens (primary N) is 1. The van der Waals surface area contributed by atoms with Crippen LogP contribution in [0.4, 0.5) is 5.69 Å². The first-order valence-corrected chi connectivity index (χ1v) is 6.38. The van der Waals surface area contributed by atoms with Gasteiger partial charge in [-0.05, 0) is 31.0 Å². The Morgan fingerprint density at radius 2 is 2.39 bits per heavy atom. The van der Waals surface area contributed by atoms with Crippen LogP contribution in [-0.4, -0.2) is 25.3 Å². The molecular weight excluding hydrogens is 254 g/mol. The number of carbonyl (C=O) groups is 1. The summed E-state index contributed by atoms with van der Waals surface area (Å²) in [5.74, 6) is -0.378. The van der Waals surface area contributed by atoms with E-state index >= 15 is 0 Å². The van der Waals surface area contributed by atoms with Crippen molar-refractivity contribution in [3.8, 4) is 0 Å². The Bertz CT molecular complexity index is 430. The standard InChI is InChI=1S/C13H16ClNO3/c14-11-4-3-9(8-12(11)15)13(16)18-7-5-10-2-1-6-17-10/h3-4,8,10H,1-2,5-7,15H2. The van der Waals surface area contributed by atoms with Crippen LogP contribution in [0.3, 0.4) is 0 Å². The lowest BCUT2D eigenvalue weighted by Gasteiger charge is -2.10. The summed E-state index contributed by atoms with van der Waals surface area (Å²) in [4.78, 5) is 11.7. The van der Waals surface area contributed by atoms with E-state index in [0.717, 1.165) is 25.9 Å². The molecule has 1 atom stereocenters. The lowest BCUT2D eigenvalue weighted by Crippen LogP contribution is -2.13. The van der Waals surface area contributed by atoms with E-state index in [1.165, 1.54) is 6.07 Å². The second-order valence-electron chi connectivity index (χ2n) is 4.30. The minimum absolute atomic E-state index is 0.230. The van der Waals surface area contributed by atoms with E-state index in [9.17, 15) is 4.79 Å². The predicted molar refractivity (Wildman–Crippen MR) is 69.7 cm³/mol. The first kappa shape index (κ1) is 13.2. The molecule has 2 N–H and O–H groups in total. The van der Waals surface area contributed by atoms with E-state index in [-0.39, 0.29) is 12.1 Å². The number of carbonyl (C=O) groups excluding carboxylic acids is 1. The Morgan fingerprint density at radius 3 is 3.06 bits per heavy atom. The first-order valence-electron chi connectivity index (χ1n) is 6.00. The Kier molecular flexibility index (Phi) is 4.44. The Morgan fingerprint density at radius 1 is 1.56 bits per heavy atom. The molecule has 1 aromatic carbocycles. The van der Waals surface area contributed by atoms with E-state index in [2.05, 4.69) is 0 Å². The van der Waals surface area contributed by atoms with Crippen molar-refractivity contribution in [3.63, 3.8) is 0 Å². The number of benzene rings is 1. The van der Waals surface area contributed by atoms with Gasteiger partial charge in [0.2, 0.25) is 0 Å². The van der Waals surface area contributed by atoms with Crippen LogP contribution in [0, 0.1) is 0 Å². The van der Waals surface area contributed by atoms with Crippen LogP contribution in [-0.2, 0) is 9.47 Å². The average Bonchev–Trinajstić information content (AvgIpc) is 2.85. The van der Waals surface area contributed by atoms with Crippen LogP contribution in [0.25, 0.3) is 0 Å². The monoisotopic (exact) mass is 269 g/mol. The summed E-state index contributed by atoms with van der Waals surface area (Å²) < 4.78 is 10.6. The molecular formula is C13H16ClNO3. The molecule has 0 spiro atoms. The fraction of sp³-hybridized carbons (Fsp3) is 0.462. The second-order valence-corrected chi connectivity index (χ2v) is 4.70. The molecule has 0 amide bonds. The van der Waals surface area contributed by atoms with E-state index in [0.29, 0.717) is 22.9 Å². The van der Waals surface area contributed by atoms with Crippen molar-refractivity contribution >= 4 is 23.3 Å². The van der Waals surface area contributed by atoms with Gasteiger partial charge in [-0.1, -0.05) is 11.6 Å². The third-order valence-corrected chi connectivity index (χ3v) is 3.27. The third-order valence-electron chi connectivity index (χ3n) is 2.93. The van der Waals surface area contributed by atoms with Crippen molar-refractivity contribution in [2.24, 2.45) is 0 Å². The third kappa shape index (κ3) is 3.37. The van der Waals surface area contributed by atoms with Gasteiger partial charge in [-0.15, -0.1) is 0 Å². The summed E-state index contributed by atoms with van der Waals surface area (Å²) >= 11 is 5.78. The minimum atomic E-state index is -0.378. The molecule has 0 bridgehead atoms. The van der Waals surface area contributed by atoms with Crippen LogP contribution < -0.4 is 5.73 Å². The number of halogens is 1. The molecule has 1 fully saturated rings. The quantitative estimate of drug-likeness (QED) is 0.674. The van der Waals surface area contributed by atoms with Crippen molar-refractivity contribution in [2.45, 2.75) is 25.4 Å². The molecule has 1 heterocycles. The van der Waals surface area contributed by atoms with Gasteiger partial charge in [-0.3, -0.25) is 0 Å². The molecule has 1 aliphatic rings. The highest BCUT2D eigenvalue weighted by Gasteiger charge is 2.16. The van der Waals surface area contributed by atoms with Gasteiger partial charge in [-0.25, -0.2) is 4.79 Å². The van der Waals surface area contributed by atoms with Gasteiger partial charge in [0.1, 0.15) is 0 Å². The number of rotatable bonds is 4. The fourth-order valence-electron chi connectivity index (χ4n) is 1.91. The second kappa shape index (κ2) is 6.07. The number of hydrogen-bond donors (Lipinski definition) is 1. The highest BCUT2D eigenvalue weighted by atomic mass is 35.5. The van der Waals surface area contributed by atoms with Crippen molar-refractivity contribution in [1.82, 2.24) is 0 Å². The zero-order valence-corrected chi connectivity index (χ0v) is 10.8. The average molecular weight is 270 g/mol. The lowest BCUT2D eigenvalue weighted by atomic mass is 10.2. The van der Waals surface area contributed by atoms with Crippen molar-refractivity contribution < 1.29 is 14.3 Å². The normalized spacial score (nSPS) is 18.8. The zero-order chi connectivity index (χ0) is 13.0. The Labute approximate surface area is 111 Å². The summed E-state index contributed by atoms with van der Waals surface area (Å²) in [6, 6.07) is 4.72. The van der Waals surface area contributed by atoms with E-state index in [1.807, 2.05) is 0 Å². The summed E-state index contributed by atoms with van der Waals surface area (Å²) in [7, 11) is 0. The summed E-state index contributed by atoms with van der Waals surface area (Å²) in [5, 5.41) is 0.436. The molecule has 1 unspecified atom stereocenters. The van der Waals surface area contributed by atoms with Crippen LogP contribution >= 0.6 is 11.6 Å². The Hall–Kier alpha value is -1.26. The van der Waals surface area contributed by atoms with Gasteiger partial charge in [-0.2, -0.15) is 0 Å². The molecule has 1 aliphatic heterocycles. The van der Waals surface area contributed by atoms with Crippen LogP contribution in [0.15, 0.2) is 18.2 Å². The number of esters is 1. The van der Waals surface area contributed by atoms with E-state index < -0.39 is 0 Å². The SMILES string of the molecule is Nc1cc(C(=O)OCCC2CCCO2)ccc1Cl. The molecule has 1 saturated heterocycles. The summed E-state index contributed by atoms with van der Waals surface area (Å²) in [6.07, 6.45) is 3.11. The lowest BCUT2D eigenvalue weighted by molar-refractivity contribution is 0.0386. The molecule has 0 radical (unpaired) electrons. The smallest absolute Gasteiger partial charge is 0.338 e. The molecule has 5 heteroatoms. The van der Waals surface area contributed by atoms with Crippen molar-refractivity contribution in [2.75, 3.05) is 18.9 Å². The number of hydrogen-bond acceptors (Lipinski definition) is 4. The van der Waals surface area contributed by atoms with Crippen LogP contribution in [0.5, 0.6) is 0 Å². The number of nitrogen functional groups attached to an aromatic ring is 1. The molecule has 4 nitrogen and oxygen atoms in total. The van der Waals surface area contributed by atoms with Gasteiger partial charge in [0.25, 0.3) is 0 Å². The maximum atomic E-state index is 11.7. The van der Waals surface area contributed by atoms with Gasteiger partial charge in [0, 0.05) is 13.0 Å². The molecule has 0 saturated carbocycles. The molecule has 0 aliphatic carbocycles. The van der Waals surface area contributed by atoms with Crippen molar-refractivity contribution in [1.29, 1.82) is 0 Å². The Balaban J connectivity index is 1.81. The highest BCUT2D eigenvalue weighted by Crippen LogP contribution is 2.20. The summed E-state index contributed by atoms with van der Waals surface area (Å²) in [5.41, 5.74) is 6.43. The zero-order valence-electron chi connectivity index (χ0n) is 10.0. The number of ether oxygens (including phenoxy) is 2. The van der Waals surface area contributed by atoms with E-state index in [1.54, 1.807) is 12.1 Å². The van der Waals surface area contributed by atoms with E-state index in [4.69, 9.17) is 26.8 Å². The minimum Gasteiger partial charge on any atom is -0.462 e. The largest absolute Gasteiger partial charge is 0.462 e. The molecule has 0 aromatic heterocycles. The van der Waals surface area contributed by atoms with Gasteiger partial charge in [0.15, 0.2) is 0 Å². The predicted octanol–water partition coefficient (Wildman–Crippen LogP) is 2.65. The fourth-order valence-corrected chi connectivity index (χ4v) is 2.03.